The van der Waals surface area contributed by atoms with Crippen LogP contribution in [0.2, 0.25) is 5.02 Å². The zero-order chi connectivity index (χ0) is 18.1. The van der Waals surface area contributed by atoms with Gasteiger partial charge in [0.2, 0.25) is 5.91 Å². The first-order valence-electron chi connectivity index (χ1n) is 7.94. The van der Waals surface area contributed by atoms with E-state index >= 15 is 0 Å². The van der Waals surface area contributed by atoms with Gasteiger partial charge in [-0.15, -0.1) is 11.3 Å². The van der Waals surface area contributed by atoms with Crippen molar-refractivity contribution >= 4 is 40.4 Å². The number of nitrogens with one attached hydrogen (secondary N) is 1. The highest BCUT2D eigenvalue weighted by atomic mass is 35.5. The van der Waals surface area contributed by atoms with Gasteiger partial charge in [-0.1, -0.05) is 11.6 Å². The minimum atomic E-state index is -0.443. The molecule has 25 heavy (non-hydrogen) atoms. The van der Waals surface area contributed by atoms with Gasteiger partial charge in [-0.2, -0.15) is 0 Å². The molecule has 0 saturated carbocycles. The largest absolute Gasteiger partial charge is 0.344 e. The molecule has 0 saturated heterocycles. The second kappa shape index (κ2) is 7.14. The molecule has 2 amide bonds. The van der Waals surface area contributed by atoms with Gasteiger partial charge in [0.25, 0.3) is 5.91 Å². The first kappa shape index (κ1) is 17.9. The number of thiophene rings is 1. The Hall–Kier alpha value is -1.92. The van der Waals surface area contributed by atoms with Crippen molar-refractivity contribution in [3.63, 3.8) is 0 Å². The molecule has 0 bridgehead atoms. The number of amides is 2. The molecule has 1 N–H and O–H groups in total. The van der Waals surface area contributed by atoms with Gasteiger partial charge in [-0.25, -0.2) is 4.39 Å². The third kappa shape index (κ3) is 3.85. The molecule has 1 aromatic carbocycles. The SMILES string of the molecule is CN(C)C(=O)c1cc2c(s1)CC[C@H](C(=O)Nc1ccc(F)cc1Cl)C2. The molecule has 4 nitrogen and oxygen atoms in total. The Morgan fingerprint density at radius 1 is 1.32 bits per heavy atom. The lowest BCUT2D eigenvalue weighted by Crippen LogP contribution is -2.27. The molecule has 7 heteroatoms. The van der Waals surface area contributed by atoms with E-state index in [1.807, 2.05) is 6.07 Å². The van der Waals surface area contributed by atoms with Crippen molar-refractivity contribution in [1.82, 2.24) is 4.90 Å². The highest BCUT2D eigenvalue weighted by Crippen LogP contribution is 2.34. The van der Waals surface area contributed by atoms with Crippen LogP contribution in [0.1, 0.15) is 26.5 Å². The number of fused-ring (bicyclic) bond motifs is 1. The number of rotatable bonds is 3. The summed E-state index contributed by atoms with van der Waals surface area (Å²) in [6.07, 6.45) is 2.08. The third-order valence-corrected chi connectivity index (χ3v) is 5.80. The van der Waals surface area contributed by atoms with Gasteiger partial charge in [0.1, 0.15) is 5.82 Å². The average molecular weight is 381 g/mol. The number of hydrogen-bond acceptors (Lipinski definition) is 3. The minimum Gasteiger partial charge on any atom is -0.344 e. The summed E-state index contributed by atoms with van der Waals surface area (Å²) < 4.78 is 13.1. The zero-order valence-corrected chi connectivity index (χ0v) is 15.5. The van der Waals surface area contributed by atoms with E-state index in [9.17, 15) is 14.0 Å². The fraction of sp³-hybridized carbons (Fsp3) is 0.333. The van der Waals surface area contributed by atoms with Crippen LogP contribution in [0.15, 0.2) is 24.3 Å². The molecule has 1 heterocycles. The van der Waals surface area contributed by atoms with Crippen molar-refractivity contribution in [1.29, 1.82) is 0 Å². The molecule has 1 aliphatic rings. The number of benzene rings is 1. The first-order valence-corrected chi connectivity index (χ1v) is 9.13. The fourth-order valence-corrected chi connectivity index (χ4v) is 4.34. The second-order valence-electron chi connectivity index (χ2n) is 6.31. The van der Waals surface area contributed by atoms with Crippen LogP contribution < -0.4 is 5.32 Å². The predicted octanol–water partition coefficient (Wildman–Crippen LogP) is 3.99. The Morgan fingerprint density at radius 2 is 2.08 bits per heavy atom. The van der Waals surface area contributed by atoms with Crippen LogP contribution >= 0.6 is 22.9 Å². The average Bonchev–Trinajstić information content (AvgIpc) is 2.99. The maximum Gasteiger partial charge on any atom is 0.263 e. The summed E-state index contributed by atoms with van der Waals surface area (Å²) >= 11 is 7.47. The van der Waals surface area contributed by atoms with E-state index in [1.165, 1.54) is 34.4 Å². The molecule has 1 atom stereocenters. The van der Waals surface area contributed by atoms with E-state index in [4.69, 9.17) is 11.6 Å². The summed E-state index contributed by atoms with van der Waals surface area (Å²) in [5, 5.41) is 2.96. The van der Waals surface area contributed by atoms with Crippen molar-refractivity contribution < 1.29 is 14.0 Å². The maximum absolute atomic E-state index is 13.1. The summed E-state index contributed by atoms with van der Waals surface area (Å²) in [6, 6.07) is 5.79. The van der Waals surface area contributed by atoms with E-state index in [1.54, 1.807) is 19.0 Å². The predicted molar refractivity (Wildman–Crippen MR) is 97.9 cm³/mol. The molecule has 132 valence electrons. The Bertz CT molecular complexity index is 834. The summed E-state index contributed by atoms with van der Waals surface area (Å²) in [5.41, 5.74) is 1.47. The zero-order valence-electron chi connectivity index (χ0n) is 13.9. The molecule has 2 aromatic rings. The Morgan fingerprint density at radius 3 is 2.76 bits per heavy atom. The lowest BCUT2D eigenvalue weighted by Gasteiger charge is -2.21. The molecule has 0 spiro atoms. The van der Waals surface area contributed by atoms with Crippen LogP contribution in [0.4, 0.5) is 10.1 Å². The molecule has 1 aromatic heterocycles. The highest BCUT2D eigenvalue weighted by molar-refractivity contribution is 7.14. The van der Waals surface area contributed by atoms with E-state index in [-0.39, 0.29) is 22.8 Å². The Labute approximate surface area is 154 Å². The summed E-state index contributed by atoms with van der Waals surface area (Å²) in [4.78, 5) is 28.1. The van der Waals surface area contributed by atoms with Crippen LogP contribution in [0, 0.1) is 11.7 Å². The fourth-order valence-electron chi connectivity index (χ4n) is 2.90. The monoisotopic (exact) mass is 380 g/mol. The molecule has 0 fully saturated rings. The first-order chi connectivity index (χ1) is 11.8. The lowest BCUT2D eigenvalue weighted by molar-refractivity contribution is -0.120. The molecule has 0 unspecified atom stereocenters. The molecule has 0 radical (unpaired) electrons. The van der Waals surface area contributed by atoms with Gasteiger partial charge < -0.3 is 10.2 Å². The van der Waals surface area contributed by atoms with Crippen LogP contribution in [0.3, 0.4) is 0 Å². The van der Waals surface area contributed by atoms with Gasteiger partial charge >= 0.3 is 0 Å². The number of aryl methyl sites for hydroxylation is 1. The van der Waals surface area contributed by atoms with Gasteiger partial charge in [0.15, 0.2) is 0 Å². The van der Waals surface area contributed by atoms with Gasteiger partial charge in [0.05, 0.1) is 15.6 Å². The van der Waals surface area contributed by atoms with E-state index < -0.39 is 5.82 Å². The number of halogens is 2. The summed E-state index contributed by atoms with van der Waals surface area (Å²) in [7, 11) is 3.45. The Kier molecular flexibility index (Phi) is 5.11. The Balaban J connectivity index is 1.71. The van der Waals surface area contributed by atoms with Crippen LogP contribution in [0.25, 0.3) is 0 Å². The van der Waals surface area contributed by atoms with Gasteiger partial charge in [0, 0.05) is 24.9 Å². The number of carbonyl (C=O) groups excluding carboxylic acids is 2. The second-order valence-corrected chi connectivity index (χ2v) is 7.86. The van der Waals surface area contributed by atoms with Crippen molar-refractivity contribution in [3.8, 4) is 0 Å². The van der Waals surface area contributed by atoms with Crippen LogP contribution in [-0.2, 0) is 17.6 Å². The van der Waals surface area contributed by atoms with Gasteiger partial charge in [-0.05, 0) is 49.1 Å². The standard InChI is InChI=1S/C18H18ClFN2O2S/c1-22(2)18(24)16-8-11-7-10(3-6-15(11)25-16)17(23)21-14-5-4-12(20)9-13(14)19/h4-5,8-10H,3,6-7H2,1-2H3,(H,21,23)/t10-/m0/s1. The van der Waals surface area contributed by atoms with E-state index in [0.717, 1.165) is 12.0 Å². The number of anilines is 1. The minimum absolute atomic E-state index is 0.0153. The molecule has 0 aliphatic heterocycles. The number of carbonyl (C=O) groups is 2. The molecular weight excluding hydrogens is 363 g/mol. The van der Waals surface area contributed by atoms with Crippen molar-refractivity contribution in [3.05, 3.63) is 50.4 Å². The maximum atomic E-state index is 13.1. The molecular formula is C18H18ClFN2O2S. The smallest absolute Gasteiger partial charge is 0.263 e. The van der Waals surface area contributed by atoms with Crippen molar-refractivity contribution in [2.45, 2.75) is 19.3 Å². The van der Waals surface area contributed by atoms with Crippen molar-refractivity contribution in [2.24, 2.45) is 5.92 Å². The highest BCUT2D eigenvalue weighted by Gasteiger charge is 2.28. The van der Waals surface area contributed by atoms with E-state index in [0.29, 0.717) is 23.4 Å². The summed E-state index contributed by atoms with van der Waals surface area (Å²) in [6.45, 7) is 0. The molecule has 1 aliphatic carbocycles. The van der Waals surface area contributed by atoms with Crippen LogP contribution in [-0.4, -0.2) is 30.8 Å². The van der Waals surface area contributed by atoms with E-state index in [2.05, 4.69) is 5.32 Å². The lowest BCUT2D eigenvalue weighted by atomic mass is 9.87. The quantitative estimate of drug-likeness (QED) is 0.875. The van der Waals surface area contributed by atoms with Crippen molar-refractivity contribution in [2.75, 3.05) is 19.4 Å². The number of nitrogens with zero attached hydrogens (tertiary/aromatic N) is 1. The molecule has 3 rings (SSSR count). The van der Waals surface area contributed by atoms with Gasteiger partial charge in [-0.3, -0.25) is 9.59 Å². The third-order valence-electron chi connectivity index (χ3n) is 4.26. The summed E-state index contributed by atoms with van der Waals surface area (Å²) in [5.74, 6) is -0.781. The topological polar surface area (TPSA) is 49.4 Å². The van der Waals surface area contributed by atoms with Crippen LogP contribution in [0.5, 0.6) is 0 Å². The number of hydrogen-bond donors (Lipinski definition) is 1. The normalized spacial score (nSPS) is 16.2.